The number of nitrogens with zero attached hydrogens (tertiary/aromatic N) is 3. The maximum absolute atomic E-state index is 5.94. The van der Waals surface area contributed by atoms with Crippen molar-refractivity contribution < 1.29 is 4.74 Å². The van der Waals surface area contributed by atoms with Crippen LogP contribution >= 0.6 is 0 Å². The summed E-state index contributed by atoms with van der Waals surface area (Å²) in [4.78, 5) is 8.13. The van der Waals surface area contributed by atoms with Gasteiger partial charge in [0.05, 0.1) is 12.8 Å². The van der Waals surface area contributed by atoms with Gasteiger partial charge in [0.1, 0.15) is 12.0 Å². The first kappa shape index (κ1) is 14.1. The molecule has 0 aliphatic rings. The standard InChI is InChI=1S/C13H20N6O/c1-3-20-13-11(14)12(16-8-17-13)15-6-4-5-10-7-18-19-9(10)2/h7-8H,3-6,14H2,1-2H3,(H,18,19)(H,15,16,17). The zero-order valence-corrected chi connectivity index (χ0v) is 11.8. The summed E-state index contributed by atoms with van der Waals surface area (Å²) in [5.74, 6) is 1.04. The number of aromatic amines is 1. The lowest BCUT2D eigenvalue weighted by atomic mass is 10.1. The molecule has 20 heavy (non-hydrogen) atoms. The average Bonchev–Trinajstić information content (AvgIpc) is 2.84. The molecule has 0 unspecified atom stereocenters. The number of H-pyrrole nitrogens is 1. The van der Waals surface area contributed by atoms with Crippen LogP contribution in [0.3, 0.4) is 0 Å². The molecule has 7 heteroatoms. The van der Waals surface area contributed by atoms with Crippen LogP contribution in [0.1, 0.15) is 24.6 Å². The molecule has 0 aliphatic carbocycles. The third-order valence-corrected chi connectivity index (χ3v) is 2.98. The Morgan fingerprint density at radius 2 is 2.25 bits per heavy atom. The van der Waals surface area contributed by atoms with Gasteiger partial charge in [-0.1, -0.05) is 0 Å². The molecule has 0 bridgehead atoms. The van der Waals surface area contributed by atoms with Crippen molar-refractivity contribution in [3.05, 3.63) is 23.8 Å². The number of anilines is 2. The van der Waals surface area contributed by atoms with Gasteiger partial charge < -0.3 is 15.8 Å². The van der Waals surface area contributed by atoms with E-state index in [-0.39, 0.29) is 0 Å². The van der Waals surface area contributed by atoms with Gasteiger partial charge in [-0.05, 0) is 32.3 Å². The monoisotopic (exact) mass is 276 g/mol. The molecule has 0 atom stereocenters. The van der Waals surface area contributed by atoms with Gasteiger partial charge in [0.15, 0.2) is 5.82 Å². The molecule has 2 aromatic rings. The van der Waals surface area contributed by atoms with Crippen molar-refractivity contribution in [2.45, 2.75) is 26.7 Å². The number of hydrogen-bond acceptors (Lipinski definition) is 6. The van der Waals surface area contributed by atoms with Crippen LogP contribution in [0.15, 0.2) is 12.5 Å². The Kier molecular flexibility index (Phi) is 4.75. The summed E-state index contributed by atoms with van der Waals surface area (Å²) in [6, 6.07) is 0. The number of ether oxygens (including phenoxy) is 1. The van der Waals surface area contributed by atoms with Gasteiger partial charge >= 0.3 is 0 Å². The van der Waals surface area contributed by atoms with Crippen molar-refractivity contribution in [1.82, 2.24) is 20.2 Å². The highest BCUT2D eigenvalue weighted by Gasteiger charge is 2.08. The van der Waals surface area contributed by atoms with Crippen molar-refractivity contribution in [3.8, 4) is 5.88 Å². The van der Waals surface area contributed by atoms with E-state index in [1.165, 1.54) is 11.9 Å². The third kappa shape index (κ3) is 3.37. The van der Waals surface area contributed by atoms with Gasteiger partial charge in [0, 0.05) is 12.2 Å². The quantitative estimate of drug-likeness (QED) is 0.663. The molecule has 7 nitrogen and oxygen atoms in total. The highest BCUT2D eigenvalue weighted by molar-refractivity contribution is 5.66. The number of hydrogen-bond donors (Lipinski definition) is 3. The molecule has 4 N–H and O–H groups in total. The molecule has 2 rings (SSSR count). The van der Waals surface area contributed by atoms with E-state index in [2.05, 4.69) is 25.5 Å². The first-order valence-corrected chi connectivity index (χ1v) is 6.68. The maximum Gasteiger partial charge on any atom is 0.242 e. The van der Waals surface area contributed by atoms with Crippen LogP contribution in [0.4, 0.5) is 11.5 Å². The zero-order valence-electron chi connectivity index (χ0n) is 11.8. The minimum atomic E-state index is 0.427. The Hall–Kier alpha value is -2.31. The van der Waals surface area contributed by atoms with Gasteiger partial charge in [-0.25, -0.2) is 4.98 Å². The molecule has 2 heterocycles. The average molecular weight is 276 g/mol. The lowest BCUT2D eigenvalue weighted by Crippen LogP contribution is -2.09. The Morgan fingerprint density at radius 1 is 1.40 bits per heavy atom. The summed E-state index contributed by atoms with van der Waals surface area (Å²) in [5, 5.41) is 10.1. The fourth-order valence-corrected chi connectivity index (χ4v) is 1.89. The SMILES string of the molecule is CCOc1ncnc(NCCCc2cn[nH]c2C)c1N. The van der Waals surface area contributed by atoms with Crippen LogP contribution in [-0.4, -0.2) is 33.3 Å². The molecular formula is C13H20N6O. The number of nitrogens with two attached hydrogens (primary N) is 1. The highest BCUT2D eigenvalue weighted by atomic mass is 16.5. The summed E-state index contributed by atoms with van der Waals surface area (Å²) in [6.45, 7) is 5.21. The van der Waals surface area contributed by atoms with Crippen LogP contribution in [0.2, 0.25) is 0 Å². The molecule has 0 radical (unpaired) electrons. The molecule has 0 fully saturated rings. The van der Waals surface area contributed by atoms with Crippen LogP contribution in [0.25, 0.3) is 0 Å². The van der Waals surface area contributed by atoms with Gasteiger partial charge in [0.25, 0.3) is 0 Å². The number of nitrogens with one attached hydrogen (secondary N) is 2. The third-order valence-electron chi connectivity index (χ3n) is 2.98. The second kappa shape index (κ2) is 6.74. The lowest BCUT2D eigenvalue weighted by molar-refractivity contribution is 0.328. The fourth-order valence-electron chi connectivity index (χ4n) is 1.89. The zero-order chi connectivity index (χ0) is 14.4. The molecule has 0 amide bonds. The Morgan fingerprint density at radius 3 is 2.95 bits per heavy atom. The number of aromatic nitrogens is 4. The first-order valence-electron chi connectivity index (χ1n) is 6.68. The predicted octanol–water partition coefficient (Wildman–Crippen LogP) is 1.53. The van der Waals surface area contributed by atoms with Crippen molar-refractivity contribution in [2.75, 3.05) is 24.2 Å². The van der Waals surface area contributed by atoms with Crippen LogP contribution < -0.4 is 15.8 Å². The van der Waals surface area contributed by atoms with Gasteiger partial charge in [-0.3, -0.25) is 5.10 Å². The lowest BCUT2D eigenvalue weighted by Gasteiger charge is -2.10. The van der Waals surface area contributed by atoms with Gasteiger partial charge in [0.2, 0.25) is 5.88 Å². The van der Waals surface area contributed by atoms with E-state index >= 15 is 0 Å². The largest absolute Gasteiger partial charge is 0.476 e. The van der Waals surface area contributed by atoms with Gasteiger partial charge in [-0.15, -0.1) is 0 Å². The minimum Gasteiger partial charge on any atom is -0.476 e. The van der Waals surface area contributed by atoms with Gasteiger partial charge in [-0.2, -0.15) is 10.1 Å². The minimum absolute atomic E-state index is 0.427. The first-order chi connectivity index (χ1) is 9.72. The van der Waals surface area contributed by atoms with Crippen LogP contribution in [0, 0.1) is 6.92 Å². The normalized spacial score (nSPS) is 10.5. The van der Waals surface area contributed by atoms with Crippen molar-refractivity contribution >= 4 is 11.5 Å². The molecule has 0 aromatic carbocycles. The van der Waals surface area contributed by atoms with E-state index in [0.29, 0.717) is 24.0 Å². The molecule has 0 saturated heterocycles. The van der Waals surface area contributed by atoms with Crippen molar-refractivity contribution in [2.24, 2.45) is 0 Å². The van der Waals surface area contributed by atoms with E-state index in [0.717, 1.165) is 25.1 Å². The fraction of sp³-hybridized carbons (Fsp3) is 0.462. The highest BCUT2D eigenvalue weighted by Crippen LogP contribution is 2.24. The van der Waals surface area contributed by atoms with Crippen molar-refractivity contribution in [3.63, 3.8) is 0 Å². The van der Waals surface area contributed by atoms with E-state index in [1.807, 2.05) is 20.0 Å². The van der Waals surface area contributed by atoms with E-state index in [4.69, 9.17) is 10.5 Å². The second-order valence-corrected chi connectivity index (χ2v) is 4.42. The summed E-state index contributed by atoms with van der Waals surface area (Å²) in [5.41, 5.74) is 8.75. The number of nitrogen functional groups attached to an aromatic ring is 1. The van der Waals surface area contributed by atoms with E-state index < -0.39 is 0 Å². The molecular weight excluding hydrogens is 256 g/mol. The van der Waals surface area contributed by atoms with E-state index in [9.17, 15) is 0 Å². The molecule has 108 valence electrons. The summed E-state index contributed by atoms with van der Waals surface area (Å²) < 4.78 is 5.33. The second-order valence-electron chi connectivity index (χ2n) is 4.42. The molecule has 2 aromatic heterocycles. The summed E-state index contributed by atoms with van der Waals surface area (Å²) in [6.07, 6.45) is 5.23. The predicted molar refractivity (Wildman–Crippen MR) is 77.7 cm³/mol. The summed E-state index contributed by atoms with van der Waals surface area (Å²) in [7, 11) is 0. The molecule has 0 aliphatic heterocycles. The van der Waals surface area contributed by atoms with Crippen LogP contribution in [-0.2, 0) is 6.42 Å². The summed E-state index contributed by atoms with van der Waals surface area (Å²) >= 11 is 0. The maximum atomic E-state index is 5.94. The molecule has 0 spiro atoms. The Labute approximate surface area is 118 Å². The smallest absolute Gasteiger partial charge is 0.242 e. The van der Waals surface area contributed by atoms with E-state index in [1.54, 1.807) is 0 Å². The topological polar surface area (TPSA) is 102 Å². The Balaban J connectivity index is 1.85. The van der Waals surface area contributed by atoms with Crippen molar-refractivity contribution in [1.29, 1.82) is 0 Å². The Bertz CT molecular complexity index is 554. The number of aryl methyl sites for hydroxylation is 2. The molecule has 0 saturated carbocycles. The van der Waals surface area contributed by atoms with Crippen LogP contribution in [0.5, 0.6) is 5.88 Å². The number of rotatable bonds is 7.